The van der Waals surface area contributed by atoms with Gasteiger partial charge in [0.1, 0.15) is 5.82 Å². The minimum Gasteiger partial charge on any atom is -0.476 e. The standard InChI is InChI=1S/C12H8F3N3O2/c13-12(14,15)7-2-1-3-8(4-7)18-10-6-16-9(5-17-10)11(19)20/h1-6H,(H,17,18)(H,19,20). The van der Waals surface area contributed by atoms with Crippen LogP contribution in [0.1, 0.15) is 16.1 Å². The third kappa shape index (κ3) is 3.22. The zero-order chi connectivity index (χ0) is 14.8. The number of carbonyl (C=O) groups is 1. The number of hydrogen-bond donors (Lipinski definition) is 2. The van der Waals surface area contributed by atoms with Crippen molar-refractivity contribution in [2.45, 2.75) is 6.18 Å². The van der Waals surface area contributed by atoms with E-state index >= 15 is 0 Å². The van der Waals surface area contributed by atoms with E-state index in [9.17, 15) is 18.0 Å². The Morgan fingerprint density at radius 2 is 1.95 bits per heavy atom. The molecular weight excluding hydrogens is 275 g/mol. The van der Waals surface area contributed by atoms with Gasteiger partial charge in [0.05, 0.1) is 18.0 Å². The molecule has 0 atom stereocenters. The minimum atomic E-state index is -4.43. The highest BCUT2D eigenvalue weighted by Crippen LogP contribution is 2.31. The molecule has 0 aliphatic rings. The molecule has 2 N–H and O–H groups in total. The Balaban J connectivity index is 2.20. The van der Waals surface area contributed by atoms with Crippen LogP contribution in [0.25, 0.3) is 0 Å². The van der Waals surface area contributed by atoms with Crippen LogP contribution < -0.4 is 5.32 Å². The number of anilines is 2. The Labute approximate surface area is 111 Å². The number of halogens is 3. The molecule has 104 valence electrons. The number of carboxylic acid groups (broad SMARTS) is 1. The van der Waals surface area contributed by atoms with Crippen LogP contribution in [0.3, 0.4) is 0 Å². The predicted octanol–water partition coefficient (Wildman–Crippen LogP) is 2.94. The van der Waals surface area contributed by atoms with E-state index < -0.39 is 17.7 Å². The average Bonchev–Trinajstić information content (AvgIpc) is 2.38. The van der Waals surface area contributed by atoms with Crippen molar-refractivity contribution in [1.82, 2.24) is 9.97 Å². The van der Waals surface area contributed by atoms with E-state index in [1.54, 1.807) is 0 Å². The quantitative estimate of drug-likeness (QED) is 0.905. The van der Waals surface area contributed by atoms with Gasteiger partial charge in [0.15, 0.2) is 5.69 Å². The van der Waals surface area contributed by atoms with Crippen LogP contribution in [0.5, 0.6) is 0 Å². The second-order valence-electron chi connectivity index (χ2n) is 3.80. The van der Waals surface area contributed by atoms with Crippen molar-refractivity contribution in [3.63, 3.8) is 0 Å². The zero-order valence-electron chi connectivity index (χ0n) is 9.85. The van der Waals surface area contributed by atoms with Crippen LogP contribution in [0, 0.1) is 0 Å². The molecule has 0 spiro atoms. The molecule has 0 unspecified atom stereocenters. The Kier molecular flexibility index (Phi) is 3.55. The van der Waals surface area contributed by atoms with Gasteiger partial charge in [0.25, 0.3) is 0 Å². The molecule has 0 saturated heterocycles. The van der Waals surface area contributed by atoms with Crippen molar-refractivity contribution in [2.75, 3.05) is 5.32 Å². The monoisotopic (exact) mass is 283 g/mol. The Bertz CT molecular complexity index is 627. The molecule has 5 nitrogen and oxygen atoms in total. The highest BCUT2D eigenvalue weighted by molar-refractivity contribution is 5.85. The molecule has 1 aromatic heterocycles. The van der Waals surface area contributed by atoms with E-state index in [0.717, 1.165) is 24.5 Å². The van der Waals surface area contributed by atoms with Crippen LogP contribution in [0.4, 0.5) is 24.7 Å². The second-order valence-corrected chi connectivity index (χ2v) is 3.80. The second kappa shape index (κ2) is 5.16. The van der Waals surface area contributed by atoms with Crippen molar-refractivity contribution < 1.29 is 23.1 Å². The SMILES string of the molecule is O=C(O)c1cnc(Nc2cccc(C(F)(F)F)c2)cn1. The number of carboxylic acids is 1. The maximum Gasteiger partial charge on any atom is 0.416 e. The fourth-order valence-electron chi connectivity index (χ4n) is 1.42. The van der Waals surface area contributed by atoms with Crippen molar-refractivity contribution >= 4 is 17.5 Å². The first-order valence-corrected chi connectivity index (χ1v) is 5.36. The van der Waals surface area contributed by atoms with Gasteiger partial charge in [-0.2, -0.15) is 13.2 Å². The molecule has 0 aliphatic carbocycles. The third-order valence-electron chi connectivity index (χ3n) is 2.33. The van der Waals surface area contributed by atoms with Gasteiger partial charge >= 0.3 is 12.1 Å². The van der Waals surface area contributed by atoms with Crippen molar-refractivity contribution in [3.8, 4) is 0 Å². The number of benzene rings is 1. The van der Waals surface area contributed by atoms with Gasteiger partial charge in [0, 0.05) is 5.69 Å². The third-order valence-corrected chi connectivity index (χ3v) is 2.33. The highest BCUT2D eigenvalue weighted by Gasteiger charge is 2.30. The summed E-state index contributed by atoms with van der Waals surface area (Å²) < 4.78 is 37.6. The number of aromatic carboxylic acids is 1. The summed E-state index contributed by atoms with van der Waals surface area (Å²) in [5.41, 5.74) is -0.866. The van der Waals surface area contributed by atoms with E-state index in [-0.39, 0.29) is 17.2 Å². The maximum atomic E-state index is 12.5. The molecule has 0 amide bonds. The molecule has 2 rings (SSSR count). The highest BCUT2D eigenvalue weighted by atomic mass is 19.4. The maximum absolute atomic E-state index is 12.5. The number of nitrogens with zero attached hydrogens (tertiary/aromatic N) is 2. The summed E-state index contributed by atoms with van der Waals surface area (Å²) in [6.45, 7) is 0. The van der Waals surface area contributed by atoms with Gasteiger partial charge < -0.3 is 10.4 Å². The number of hydrogen-bond acceptors (Lipinski definition) is 4. The van der Waals surface area contributed by atoms with Gasteiger partial charge in [-0.3, -0.25) is 0 Å². The van der Waals surface area contributed by atoms with Crippen molar-refractivity contribution in [1.29, 1.82) is 0 Å². The summed E-state index contributed by atoms with van der Waals surface area (Å²) >= 11 is 0. The van der Waals surface area contributed by atoms with Gasteiger partial charge in [-0.15, -0.1) is 0 Å². The first-order valence-electron chi connectivity index (χ1n) is 5.36. The van der Waals surface area contributed by atoms with E-state index in [0.29, 0.717) is 0 Å². The lowest BCUT2D eigenvalue weighted by molar-refractivity contribution is -0.137. The van der Waals surface area contributed by atoms with Gasteiger partial charge in [0.2, 0.25) is 0 Å². The summed E-state index contributed by atoms with van der Waals surface area (Å²) in [4.78, 5) is 17.9. The molecule has 0 radical (unpaired) electrons. The van der Waals surface area contributed by atoms with Crippen LogP contribution >= 0.6 is 0 Å². The number of nitrogens with one attached hydrogen (secondary N) is 1. The Hall–Kier alpha value is -2.64. The lowest BCUT2D eigenvalue weighted by Crippen LogP contribution is -2.06. The fraction of sp³-hybridized carbons (Fsp3) is 0.0833. The first kappa shape index (κ1) is 13.8. The Morgan fingerprint density at radius 3 is 2.50 bits per heavy atom. The zero-order valence-corrected chi connectivity index (χ0v) is 9.85. The van der Waals surface area contributed by atoms with Crippen LogP contribution in [-0.4, -0.2) is 21.0 Å². The molecule has 20 heavy (non-hydrogen) atoms. The summed E-state index contributed by atoms with van der Waals surface area (Å²) in [7, 11) is 0. The topological polar surface area (TPSA) is 75.1 Å². The van der Waals surface area contributed by atoms with E-state index in [4.69, 9.17) is 5.11 Å². The van der Waals surface area contributed by atoms with Crippen molar-refractivity contribution in [2.24, 2.45) is 0 Å². The van der Waals surface area contributed by atoms with Crippen molar-refractivity contribution in [3.05, 3.63) is 47.9 Å². The van der Waals surface area contributed by atoms with Crippen LogP contribution in [0.2, 0.25) is 0 Å². The lowest BCUT2D eigenvalue weighted by Gasteiger charge is -2.09. The number of aromatic nitrogens is 2. The van der Waals surface area contributed by atoms with Crippen LogP contribution in [0.15, 0.2) is 36.7 Å². The molecule has 8 heteroatoms. The molecule has 1 aromatic carbocycles. The fourth-order valence-corrected chi connectivity index (χ4v) is 1.42. The minimum absolute atomic E-state index is 0.148. The summed E-state index contributed by atoms with van der Waals surface area (Å²) in [6.07, 6.45) is -2.29. The normalized spacial score (nSPS) is 11.2. The largest absolute Gasteiger partial charge is 0.476 e. The van der Waals surface area contributed by atoms with Crippen LogP contribution in [-0.2, 0) is 6.18 Å². The smallest absolute Gasteiger partial charge is 0.416 e. The summed E-state index contributed by atoms with van der Waals surface area (Å²) in [5, 5.41) is 11.3. The molecule has 0 saturated carbocycles. The first-order chi connectivity index (χ1) is 9.36. The molecule has 1 heterocycles. The summed E-state index contributed by atoms with van der Waals surface area (Å²) in [5.74, 6) is -1.09. The van der Waals surface area contributed by atoms with Gasteiger partial charge in [-0.25, -0.2) is 14.8 Å². The molecule has 2 aromatic rings. The van der Waals surface area contributed by atoms with Gasteiger partial charge in [-0.1, -0.05) is 6.07 Å². The van der Waals surface area contributed by atoms with E-state index in [1.807, 2.05) is 0 Å². The predicted molar refractivity (Wildman–Crippen MR) is 63.7 cm³/mol. The summed E-state index contributed by atoms with van der Waals surface area (Å²) in [6, 6.07) is 4.56. The number of rotatable bonds is 3. The number of alkyl halides is 3. The molecule has 0 aliphatic heterocycles. The Morgan fingerprint density at radius 1 is 1.20 bits per heavy atom. The van der Waals surface area contributed by atoms with E-state index in [1.165, 1.54) is 12.1 Å². The van der Waals surface area contributed by atoms with Gasteiger partial charge in [-0.05, 0) is 18.2 Å². The molecule has 0 bridgehead atoms. The molecule has 0 fully saturated rings. The lowest BCUT2D eigenvalue weighted by atomic mass is 10.2. The average molecular weight is 283 g/mol. The molecular formula is C12H8F3N3O2. The van der Waals surface area contributed by atoms with E-state index in [2.05, 4.69) is 15.3 Å².